The zero-order chi connectivity index (χ0) is 44.2. The van der Waals surface area contributed by atoms with Crippen LogP contribution < -0.4 is 18.9 Å². The number of hydrogen-bond acceptors (Lipinski definition) is 12. The molecular formula is C50H52N2O10. The van der Waals surface area contributed by atoms with Crippen LogP contribution in [0.2, 0.25) is 0 Å². The smallest absolute Gasteiger partial charge is 0.336 e. The summed E-state index contributed by atoms with van der Waals surface area (Å²) < 4.78 is 32.3. The maximum atomic E-state index is 12.6. The van der Waals surface area contributed by atoms with Gasteiger partial charge in [0.25, 0.3) is 0 Å². The number of carbonyl (C=O) groups is 4. The van der Waals surface area contributed by atoms with Gasteiger partial charge in [-0.2, -0.15) is 10.2 Å². The van der Waals surface area contributed by atoms with E-state index in [4.69, 9.17) is 28.4 Å². The second-order valence-electron chi connectivity index (χ2n) is 13.5. The van der Waals surface area contributed by atoms with Gasteiger partial charge in [0.1, 0.15) is 23.0 Å². The summed E-state index contributed by atoms with van der Waals surface area (Å²) in [5, 5.41) is 8.83. The number of nitrogens with zero attached hydrogens (tertiary/aromatic N) is 2. The maximum Gasteiger partial charge on any atom is 0.336 e. The third-order valence-corrected chi connectivity index (χ3v) is 8.68. The van der Waals surface area contributed by atoms with Crippen molar-refractivity contribution >= 4 is 48.0 Å². The highest BCUT2D eigenvalue weighted by Gasteiger charge is 2.07. The minimum atomic E-state index is -0.518. The van der Waals surface area contributed by atoms with Gasteiger partial charge in [0.05, 0.1) is 38.4 Å². The Labute approximate surface area is 362 Å². The first kappa shape index (κ1) is 47.3. The minimum Gasteiger partial charge on any atom is -0.494 e. The van der Waals surface area contributed by atoms with Gasteiger partial charge in [-0.3, -0.25) is 0 Å². The van der Waals surface area contributed by atoms with Gasteiger partial charge in [-0.05, 0) is 146 Å². The first-order valence-corrected chi connectivity index (χ1v) is 20.4. The third-order valence-electron chi connectivity index (χ3n) is 8.68. The standard InChI is InChI=1S/C50H52N2O10/c1-4-7-12-46(41-21-29-45(30-22-41)62-50(56)32-20-39-15-25-43(26-16-39)58-34-9-11-36-60-48(54)6-3)52-51-37-40-17-27-44(28-18-40)61-49(55)31-19-38-13-23-42(24-14-38)57-33-8-10-35-59-47(53)5-2/h5-6,13-32,37H,2-4,7-12,33-36H2,1H3. The Morgan fingerprint density at radius 1 is 0.516 bits per heavy atom. The number of benzene rings is 4. The average molecular weight is 841 g/mol. The lowest BCUT2D eigenvalue weighted by Gasteiger charge is -2.07. The van der Waals surface area contributed by atoms with E-state index >= 15 is 0 Å². The molecule has 0 aliphatic heterocycles. The normalized spacial score (nSPS) is 11.3. The molecule has 62 heavy (non-hydrogen) atoms. The van der Waals surface area contributed by atoms with Gasteiger partial charge >= 0.3 is 23.9 Å². The van der Waals surface area contributed by atoms with Crippen LogP contribution >= 0.6 is 0 Å². The van der Waals surface area contributed by atoms with Crippen LogP contribution in [0.3, 0.4) is 0 Å². The Morgan fingerprint density at radius 2 is 0.935 bits per heavy atom. The van der Waals surface area contributed by atoms with Crippen LogP contribution in [0.15, 0.2) is 145 Å². The van der Waals surface area contributed by atoms with E-state index in [1.165, 1.54) is 12.2 Å². The molecule has 0 aliphatic rings. The molecule has 0 aliphatic carbocycles. The largest absolute Gasteiger partial charge is 0.494 e. The molecule has 0 saturated carbocycles. The number of ether oxygens (including phenoxy) is 6. The summed E-state index contributed by atoms with van der Waals surface area (Å²) in [4.78, 5) is 47.2. The van der Waals surface area contributed by atoms with E-state index in [0.29, 0.717) is 68.7 Å². The number of esters is 4. The van der Waals surface area contributed by atoms with Gasteiger partial charge < -0.3 is 28.4 Å². The van der Waals surface area contributed by atoms with Crippen molar-refractivity contribution in [2.75, 3.05) is 26.4 Å². The summed E-state index contributed by atoms with van der Waals surface area (Å²) in [6.07, 6.45) is 15.4. The molecule has 0 bridgehead atoms. The van der Waals surface area contributed by atoms with Crippen LogP contribution in [0.1, 0.15) is 74.1 Å². The molecule has 0 heterocycles. The number of unbranched alkanes of at least 4 members (excludes halogenated alkanes) is 3. The summed E-state index contributed by atoms with van der Waals surface area (Å²) in [7, 11) is 0. The van der Waals surface area contributed by atoms with E-state index < -0.39 is 23.9 Å². The molecular weight excluding hydrogens is 789 g/mol. The molecule has 0 saturated heterocycles. The van der Waals surface area contributed by atoms with E-state index in [9.17, 15) is 19.2 Å². The van der Waals surface area contributed by atoms with Crippen molar-refractivity contribution in [1.82, 2.24) is 0 Å². The zero-order valence-corrected chi connectivity index (χ0v) is 34.9. The Kier molecular flexibility index (Phi) is 20.9. The van der Waals surface area contributed by atoms with Crippen molar-refractivity contribution in [3.63, 3.8) is 0 Å². The van der Waals surface area contributed by atoms with Crippen molar-refractivity contribution in [3.05, 3.63) is 157 Å². The highest BCUT2D eigenvalue weighted by molar-refractivity contribution is 6.01. The second-order valence-corrected chi connectivity index (χ2v) is 13.5. The Bertz CT molecular complexity index is 2170. The summed E-state index contributed by atoms with van der Waals surface area (Å²) in [5.41, 5.74) is 4.05. The molecule has 0 aromatic heterocycles. The SMILES string of the molecule is C=CC(=O)OCCCCOc1ccc(C=CC(=O)Oc2ccc(C=NN=C(CCCC)c3ccc(OC(=O)C=Cc4ccc(OCCCCOC(=O)C=C)cc4)cc3)cc2)cc1. The van der Waals surface area contributed by atoms with Crippen LogP contribution in [0, 0.1) is 0 Å². The Morgan fingerprint density at radius 3 is 1.39 bits per heavy atom. The van der Waals surface area contributed by atoms with Crippen LogP contribution in [-0.2, 0) is 28.7 Å². The van der Waals surface area contributed by atoms with Crippen LogP contribution in [0.5, 0.6) is 23.0 Å². The van der Waals surface area contributed by atoms with Crippen LogP contribution in [-0.4, -0.2) is 62.2 Å². The fourth-order valence-electron chi connectivity index (χ4n) is 5.33. The van der Waals surface area contributed by atoms with E-state index in [0.717, 1.165) is 65.8 Å². The predicted molar refractivity (Wildman–Crippen MR) is 241 cm³/mol. The van der Waals surface area contributed by atoms with Crippen molar-refractivity contribution in [1.29, 1.82) is 0 Å². The number of hydrogen-bond donors (Lipinski definition) is 0. The maximum absolute atomic E-state index is 12.6. The minimum absolute atomic E-state index is 0.323. The molecule has 0 amide bonds. The van der Waals surface area contributed by atoms with E-state index in [2.05, 4.69) is 30.3 Å². The molecule has 4 rings (SSSR count). The molecule has 0 spiro atoms. The lowest BCUT2D eigenvalue weighted by atomic mass is 10.0. The van der Waals surface area contributed by atoms with E-state index in [-0.39, 0.29) is 0 Å². The fourth-order valence-corrected chi connectivity index (χ4v) is 5.33. The molecule has 0 atom stereocenters. The van der Waals surface area contributed by atoms with Crippen molar-refractivity contribution < 1.29 is 47.6 Å². The highest BCUT2D eigenvalue weighted by Crippen LogP contribution is 2.19. The van der Waals surface area contributed by atoms with Crippen LogP contribution in [0.4, 0.5) is 0 Å². The second kappa shape index (κ2) is 27.4. The first-order chi connectivity index (χ1) is 30.2. The molecule has 0 fully saturated rings. The van der Waals surface area contributed by atoms with Crippen molar-refractivity contribution in [3.8, 4) is 23.0 Å². The fraction of sp³-hybridized carbons (Fsp3) is 0.240. The number of rotatable bonds is 26. The van der Waals surface area contributed by atoms with Gasteiger partial charge in [-0.15, -0.1) is 0 Å². The summed E-state index contributed by atoms with van der Waals surface area (Å²) in [6, 6.07) is 28.7. The van der Waals surface area contributed by atoms with Crippen molar-refractivity contribution in [2.45, 2.75) is 51.9 Å². The van der Waals surface area contributed by atoms with Gasteiger partial charge in [-0.25, -0.2) is 19.2 Å². The molecule has 322 valence electrons. The topological polar surface area (TPSA) is 148 Å². The van der Waals surface area contributed by atoms with E-state index in [1.807, 2.05) is 60.7 Å². The van der Waals surface area contributed by atoms with Crippen LogP contribution in [0.25, 0.3) is 12.2 Å². The monoisotopic (exact) mass is 840 g/mol. The Hall–Kier alpha value is -7.34. The lowest BCUT2D eigenvalue weighted by Crippen LogP contribution is -2.05. The van der Waals surface area contributed by atoms with Gasteiger partial charge in [0.2, 0.25) is 0 Å². The quantitative estimate of drug-likeness (QED) is 0.0149. The summed E-state index contributed by atoms with van der Waals surface area (Å²) in [6.45, 7) is 10.5. The number of carbonyl (C=O) groups excluding carboxylic acids is 4. The zero-order valence-electron chi connectivity index (χ0n) is 34.9. The summed E-state index contributed by atoms with van der Waals surface area (Å²) >= 11 is 0. The first-order valence-electron chi connectivity index (χ1n) is 20.4. The predicted octanol–water partition coefficient (Wildman–Crippen LogP) is 9.71. The molecule has 0 N–H and O–H groups in total. The van der Waals surface area contributed by atoms with Gasteiger partial charge in [0, 0.05) is 24.3 Å². The molecule has 4 aromatic rings. The van der Waals surface area contributed by atoms with Crippen molar-refractivity contribution in [2.24, 2.45) is 10.2 Å². The van der Waals surface area contributed by atoms with Gasteiger partial charge in [0.15, 0.2) is 0 Å². The molecule has 12 nitrogen and oxygen atoms in total. The molecule has 0 unspecified atom stereocenters. The molecule has 12 heteroatoms. The lowest BCUT2D eigenvalue weighted by molar-refractivity contribution is -0.138. The Balaban J connectivity index is 1.20. The highest BCUT2D eigenvalue weighted by atomic mass is 16.5. The summed E-state index contributed by atoms with van der Waals surface area (Å²) in [5.74, 6) is 0.285. The van der Waals surface area contributed by atoms with Gasteiger partial charge in [-0.1, -0.05) is 50.8 Å². The third kappa shape index (κ3) is 18.7. The average Bonchev–Trinajstić information content (AvgIpc) is 3.29. The molecule has 0 radical (unpaired) electrons. The molecule has 4 aromatic carbocycles. The van der Waals surface area contributed by atoms with E-state index in [1.54, 1.807) is 54.8 Å².